The van der Waals surface area contributed by atoms with Gasteiger partial charge in [0.2, 0.25) is 0 Å². The van der Waals surface area contributed by atoms with Crippen LogP contribution in [-0.4, -0.2) is 17.7 Å². The minimum absolute atomic E-state index is 0.310. The number of carbonyl (C=O) groups is 1. The first-order chi connectivity index (χ1) is 6.72. The van der Waals surface area contributed by atoms with Gasteiger partial charge in [0.05, 0.1) is 6.61 Å². The summed E-state index contributed by atoms with van der Waals surface area (Å²) in [5, 5.41) is 9.05. The molecule has 0 bridgehead atoms. The lowest BCUT2D eigenvalue weighted by molar-refractivity contribution is -0.138. The molecular weight excluding hydrogens is 180 g/mol. The standard InChI is InChI=1S/C11H14O3/c1-2-11(13)14-8-7-9-3-5-10(12)6-4-9/h2-3,5-6,9,12H,1,4,7-8H2. The van der Waals surface area contributed by atoms with Crippen LogP contribution >= 0.6 is 0 Å². The van der Waals surface area contributed by atoms with Crippen LogP contribution < -0.4 is 0 Å². The number of carbonyl (C=O) groups excluding carboxylic acids is 1. The Morgan fingerprint density at radius 1 is 1.79 bits per heavy atom. The lowest BCUT2D eigenvalue weighted by atomic mass is 9.97. The Labute approximate surface area is 83.4 Å². The van der Waals surface area contributed by atoms with Crippen LogP contribution in [0.3, 0.4) is 0 Å². The van der Waals surface area contributed by atoms with Crippen LogP contribution in [0.1, 0.15) is 12.8 Å². The van der Waals surface area contributed by atoms with Gasteiger partial charge in [-0.05, 0) is 30.9 Å². The highest BCUT2D eigenvalue weighted by atomic mass is 16.5. The molecule has 1 N–H and O–H groups in total. The summed E-state index contributed by atoms with van der Waals surface area (Å²) >= 11 is 0. The fourth-order valence-corrected chi connectivity index (χ4v) is 1.24. The van der Waals surface area contributed by atoms with Crippen molar-refractivity contribution < 1.29 is 14.6 Å². The van der Waals surface area contributed by atoms with Crippen molar-refractivity contribution in [2.75, 3.05) is 6.61 Å². The Morgan fingerprint density at radius 3 is 3.14 bits per heavy atom. The van der Waals surface area contributed by atoms with Crippen molar-refractivity contribution in [2.24, 2.45) is 5.92 Å². The molecule has 0 fully saturated rings. The third-order valence-electron chi connectivity index (χ3n) is 2.07. The number of rotatable bonds is 4. The van der Waals surface area contributed by atoms with Crippen molar-refractivity contribution in [3.05, 3.63) is 36.6 Å². The Kier molecular flexibility index (Phi) is 3.98. The van der Waals surface area contributed by atoms with Crippen LogP contribution in [0.15, 0.2) is 36.6 Å². The maximum absolute atomic E-state index is 10.7. The Hall–Kier alpha value is -1.51. The highest BCUT2D eigenvalue weighted by Gasteiger charge is 2.08. The van der Waals surface area contributed by atoms with E-state index in [0.717, 1.165) is 18.9 Å². The smallest absolute Gasteiger partial charge is 0.330 e. The molecule has 0 spiro atoms. The van der Waals surface area contributed by atoms with Crippen molar-refractivity contribution in [1.82, 2.24) is 0 Å². The third kappa shape index (κ3) is 3.47. The van der Waals surface area contributed by atoms with E-state index in [9.17, 15) is 4.79 Å². The van der Waals surface area contributed by atoms with Gasteiger partial charge in [0.1, 0.15) is 5.76 Å². The van der Waals surface area contributed by atoms with E-state index >= 15 is 0 Å². The van der Waals surface area contributed by atoms with E-state index in [1.54, 1.807) is 12.2 Å². The van der Waals surface area contributed by atoms with Gasteiger partial charge >= 0.3 is 5.97 Å². The zero-order valence-corrected chi connectivity index (χ0v) is 7.98. The quantitative estimate of drug-likeness (QED) is 0.550. The maximum Gasteiger partial charge on any atom is 0.330 e. The van der Waals surface area contributed by atoms with Crippen LogP contribution in [0.4, 0.5) is 0 Å². The molecule has 1 aliphatic carbocycles. The van der Waals surface area contributed by atoms with Gasteiger partial charge in [-0.1, -0.05) is 12.7 Å². The molecule has 0 aromatic heterocycles. The highest BCUT2D eigenvalue weighted by molar-refractivity contribution is 5.81. The Bertz CT molecular complexity index is 276. The molecule has 0 aromatic carbocycles. The van der Waals surface area contributed by atoms with Gasteiger partial charge in [-0.2, -0.15) is 0 Å². The molecule has 3 heteroatoms. The number of esters is 1. The molecule has 0 amide bonds. The minimum atomic E-state index is -0.386. The lowest BCUT2D eigenvalue weighted by Gasteiger charge is -2.13. The minimum Gasteiger partial charge on any atom is -0.508 e. The molecule has 1 unspecified atom stereocenters. The van der Waals surface area contributed by atoms with E-state index in [-0.39, 0.29) is 5.97 Å². The summed E-state index contributed by atoms with van der Waals surface area (Å²) in [4.78, 5) is 10.7. The fourth-order valence-electron chi connectivity index (χ4n) is 1.24. The summed E-state index contributed by atoms with van der Waals surface area (Å²) in [5.41, 5.74) is 0. The SMILES string of the molecule is C=CC(=O)OCCC1C=CC(O)=CC1. The highest BCUT2D eigenvalue weighted by Crippen LogP contribution is 2.17. The van der Waals surface area contributed by atoms with E-state index in [1.807, 2.05) is 6.08 Å². The summed E-state index contributed by atoms with van der Waals surface area (Å²) < 4.78 is 4.85. The second kappa shape index (κ2) is 5.27. The summed E-state index contributed by atoms with van der Waals surface area (Å²) in [7, 11) is 0. The zero-order valence-electron chi connectivity index (χ0n) is 7.98. The van der Waals surface area contributed by atoms with Crippen molar-refractivity contribution in [1.29, 1.82) is 0 Å². The van der Waals surface area contributed by atoms with Crippen molar-refractivity contribution in [2.45, 2.75) is 12.8 Å². The molecule has 0 aliphatic heterocycles. The molecule has 76 valence electrons. The topological polar surface area (TPSA) is 46.5 Å². The molecule has 0 saturated carbocycles. The number of aliphatic hydroxyl groups is 1. The van der Waals surface area contributed by atoms with Crippen LogP contribution in [0.2, 0.25) is 0 Å². The fraction of sp³-hybridized carbons (Fsp3) is 0.364. The van der Waals surface area contributed by atoms with Gasteiger partial charge in [0.15, 0.2) is 0 Å². The molecule has 0 radical (unpaired) electrons. The summed E-state index contributed by atoms with van der Waals surface area (Å²) in [5.74, 6) is 0.274. The van der Waals surface area contributed by atoms with Crippen molar-refractivity contribution in [3.8, 4) is 0 Å². The molecule has 1 aliphatic rings. The number of hydrogen-bond donors (Lipinski definition) is 1. The van der Waals surface area contributed by atoms with E-state index in [0.29, 0.717) is 18.3 Å². The number of aliphatic hydroxyl groups excluding tert-OH is 1. The van der Waals surface area contributed by atoms with Crippen LogP contribution in [0, 0.1) is 5.92 Å². The first-order valence-corrected chi connectivity index (χ1v) is 4.59. The van der Waals surface area contributed by atoms with Gasteiger partial charge in [0.25, 0.3) is 0 Å². The van der Waals surface area contributed by atoms with E-state index in [2.05, 4.69) is 6.58 Å². The van der Waals surface area contributed by atoms with E-state index in [1.165, 1.54) is 0 Å². The van der Waals surface area contributed by atoms with Crippen LogP contribution in [0.5, 0.6) is 0 Å². The maximum atomic E-state index is 10.7. The average Bonchev–Trinajstić information content (AvgIpc) is 2.21. The van der Waals surface area contributed by atoms with E-state index in [4.69, 9.17) is 9.84 Å². The van der Waals surface area contributed by atoms with Crippen molar-refractivity contribution >= 4 is 5.97 Å². The summed E-state index contributed by atoms with van der Waals surface area (Å²) in [6.07, 6.45) is 8.09. The second-order valence-electron chi connectivity index (χ2n) is 3.14. The molecule has 3 nitrogen and oxygen atoms in total. The first kappa shape index (κ1) is 10.6. The normalized spacial score (nSPS) is 20.0. The molecule has 0 aromatic rings. The van der Waals surface area contributed by atoms with Gasteiger partial charge in [-0.25, -0.2) is 4.79 Å². The number of allylic oxidation sites excluding steroid dienone is 3. The molecule has 1 atom stereocenters. The monoisotopic (exact) mass is 194 g/mol. The Morgan fingerprint density at radius 2 is 2.57 bits per heavy atom. The van der Waals surface area contributed by atoms with Gasteiger partial charge in [-0.3, -0.25) is 0 Å². The van der Waals surface area contributed by atoms with E-state index < -0.39 is 0 Å². The van der Waals surface area contributed by atoms with Crippen LogP contribution in [0.25, 0.3) is 0 Å². The molecule has 14 heavy (non-hydrogen) atoms. The van der Waals surface area contributed by atoms with Gasteiger partial charge in [-0.15, -0.1) is 0 Å². The molecule has 0 saturated heterocycles. The molecule has 1 rings (SSSR count). The average molecular weight is 194 g/mol. The summed E-state index contributed by atoms with van der Waals surface area (Å²) in [6.45, 7) is 3.70. The van der Waals surface area contributed by atoms with Gasteiger partial charge < -0.3 is 9.84 Å². The third-order valence-corrected chi connectivity index (χ3v) is 2.07. The predicted molar refractivity (Wildman–Crippen MR) is 53.7 cm³/mol. The number of ether oxygens (including phenoxy) is 1. The number of hydrogen-bond acceptors (Lipinski definition) is 3. The molecular formula is C11H14O3. The lowest BCUT2D eigenvalue weighted by Crippen LogP contribution is -2.07. The van der Waals surface area contributed by atoms with Crippen LogP contribution in [-0.2, 0) is 9.53 Å². The predicted octanol–water partition coefficient (Wildman–Crippen LogP) is 2.12. The second-order valence-corrected chi connectivity index (χ2v) is 3.14. The largest absolute Gasteiger partial charge is 0.508 e. The summed E-state index contributed by atoms with van der Waals surface area (Å²) in [6, 6.07) is 0. The van der Waals surface area contributed by atoms with Crippen molar-refractivity contribution in [3.63, 3.8) is 0 Å². The molecule has 0 heterocycles. The Balaban J connectivity index is 2.18. The van der Waals surface area contributed by atoms with Gasteiger partial charge in [0, 0.05) is 6.08 Å². The zero-order chi connectivity index (χ0) is 10.4. The first-order valence-electron chi connectivity index (χ1n) is 4.59.